The van der Waals surface area contributed by atoms with Gasteiger partial charge >= 0.3 is 0 Å². The highest BCUT2D eigenvalue weighted by Crippen LogP contribution is 2.29. The van der Waals surface area contributed by atoms with Gasteiger partial charge < -0.3 is 0 Å². The number of Topliss-reactive ketones (excluding diaryl/α,β-unsaturated/α-hetero) is 1. The Morgan fingerprint density at radius 3 is 2.93 bits per heavy atom. The number of nitrogens with zero attached hydrogens (tertiary/aromatic N) is 1. The molecule has 82 valence electrons. The van der Waals surface area contributed by atoms with E-state index in [9.17, 15) is 4.79 Å². The molecule has 1 fully saturated rings. The Labute approximate surface area is 102 Å². The largest absolute Gasteiger partial charge is 0.299 e. The van der Waals surface area contributed by atoms with Crippen molar-refractivity contribution in [3.8, 4) is 0 Å². The van der Waals surface area contributed by atoms with Gasteiger partial charge in [-0.05, 0) is 53.2 Å². The summed E-state index contributed by atoms with van der Waals surface area (Å²) in [6, 6.07) is 1.93. The van der Waals surface area contributed by atoms with E-state index >= 15 is 0 Å². The average Bonchev–Trinajstić information content (AvgIpc) is 2.85. The Hall–Kier alpha value is -0.190. The maximum absolute atomic E-state index is 11.9. The van der Waals surface area contributed by atoms with Gasteiger partial charge in [-0.15, -0.1) is 11.3 Å². The molecule has 2 nitrogen and oxygen atoms in total. The molecule has 0 amide bonds. The lowest BCUT2D eigenvalue weighted by Gasteiger charge is -2.14. The quantitative estimate of drug-likeness (QED) is 0.776. The third kappa shape index (κ3) is 3.13. The van der Waals surface area contributed by atoms with E-state index in [1.807, 2.05) is 18.5 Å². The van der Waals surface area contributed by atoms with Crippen LogP contribution in [0.25, 0.3) is 0 Å². The van der Waals surface area contributed by atoms with Crippen LogP contribution < -0.4 is 0 Å². The first kappa shape index (κ1) is 11.3. The van der Waals surface area contributed by atoms with Crippen molar-refractivity contribution in [3.63, 3.8) is 0 Å². The van der Waals surface area contributed by atoms with Crippen LogP contribution in [-0.4, -0.2) is 30.8 Å². The summed E-state index contributed by atoms with van der Waals surface area (Å²) in [6.07, 6.45) is 2.67. The fraction of sp³-hybridized carbons (Fsp3) is 0.545. The summed E-state index contributed by atoms with van der Waals surface area (Å²) in [5, 5.41) is 1.94. The fourth-order valence-corrected chi connectivity index (χ4v) is 3.14. The monoisotopic (exact) mass is 287 g/mol. The van der Waals surface area contributed by atoms with Crippen LogP contribution in [0.15, 0.2) is 15.9 Å². The molecule has 15 heavy (non-hydrogen) atoms. The highest BCUT2D eigenvalue weighted by atomic mass is 79.9. The third-order valence-corrected chi connectivity index (χ3v) is 4.43. The molecule has 1 aromatic rings. The Balaban J connectivity index is 1.88. The van der Waals surface area contributed by atoms with Gasteiger partial charge in [0.2, 0.25) is 0 Å². The van der Waals surface area contributed by atoms with Gasteiger partial charge in [0.15, 0.2) is 5.78 Å². The van der Waals surface area contributed by atoms with Crippen LogP contribution in [0.4, 0.5) is 0 Å². The van der Waals surface area contributed by atoms with E-state index in [2.05, 4.69) is 20.8 Å². The van der Waals surface area contributed by atoms with Gasteiger partial charge in [-0.3, -0.25) is 9.69 Å². The average molecular weight is 288 g/mol. The van der Waals surface area contributed by atoms with Crippen LogP contribution in [0, 0.1) is 5.92 Å². The summed E-state index contributed by atoms with van der Waals surface area (Å²) in [5.41, 5.74) is 0. The highest BCUT2D eigenvalue weighted by molar-refractivity contribution is 9.10. The maximum atomic E-state index is 11.9. The van der Waals surface area contributed by atoms with Crippen molar-refractivity contribution in [2.24, 2.45) is 5.92 Å². The van der Waals surface area contributed by atoms with Crippen molar-refractivity contribution >= 4 is 33.0 Å². The molecule has 1 heterocycles. The first-order valence-electron chi connectivity index (χ1n) is 5.11. The molecule has 0 aliphatic heterocycles. The van der Waals surface area contributed by atoms with E-state index in [0.717, 1.165) is 21.8 Å². The van der Waals surface area contributed by atoms with Gasteiger partial charge in [-0.2, -0.15) is 0 Å². The van der Waals surface area contributed by atoms with Crippen LogP contribution in [-0.2, 0) is 0 Å². The van der Waals surface area contributed by atoms with Crippen molar-refractivity contribution in [2.45, 2.75) is 12.8 Å². The minimum Gasteiger partial charge on any atom is -0.299 e. The summed E-state index contributed by atoms with van der Waals surface area (Å²) in [7, 11) is 2.03. The lowest BCUT2D eigenvalue weighted by molar-refractivity contribution is 0.0947. The highest BCUT2D eigenvalue weighted by Gasteiger charge is 2.24. The van der Waals surface area contributed by atoms with Crippen LogP contribution >= 0.6 is 27.3 Å². The lowest BCUT2D eigenvalue weighted by Crippen LogP contribution is -2.27. The van der Waals surface area contributed by atoms with Gasteiger partial charge in [0.1, 0.15) is 0 Å². The number of halogens is 1. The zero-order chi connectivity index (χ0) is 10.8. The number of hydrogen-bond acceptors (Lipinski definition) is 3. The van der Waals surface area contributed by atoms with Gasteiger partial charge in [0.25, 0.3) is 0 Å². The molecule has 1 aromatic heterocycles. The van der Waals surface area contributed by atoms with Gasteiger partial charge in [0.05, 0.1) is 11.4 Å². The van der Waals surface area contributed by atoms with Gasteiger partial charge in [0, 0.05) is 11.0 Å². The van der Waals surface area contributed by atoms with Crippen LogP contribution in [0.3, 0.4) is 0 Å². The fourth-order valence-electron chi connectivity index (χ4n) is 1.62. The second-order valence-electron chi connectivity index (χ2n) is 4.16. The second-order valence-corrected chi connectivity index (χ2v) is 5.93. The number of rotatable bonds is 5. The van der Waals surface area contributed by atoms with Crippen molar-refractivity contribution in [1.29, 1.82) is 0 Å². The molecule has 0 radical (unpaired) electrons. The SMILES string of the molecule is CN(CC(=O)c1sccc1Br)CC1CC1. The van der Waals surface area contributed by atoms with Crippen molar-refractivity contribution in [1.82, 2.24) is 4.90 Å². The summed E-state index contributed by atoms with van der Waals surface area (Å²) in [5.74, 6) is 1.06. The zero-order valence-corrected chi connectivity index (χ0v) is 11.1. The summed E-state index contributed by atoms with van der Waals surface area (Å²) < 4.78 is 0.928. The molecular formula is C11H14BrNOS. The molecule has 0 N–H and O–H groups in total. The predicted octanol–water partition coefficient (Wildman–Crippen LogP) is 3.04. The zero-order valence-electron chi connectivity index (χ0n) is 8.70. The van der Waals surface area contributed by atoms with Crippen LogP contribution in [0.5, 0.6) is 0 Å². The van der Waals surface area contributed by atoms with Gasteiger partial charge in [-0.1, -0.05) is 0 Å². The molecule has 0 spiro atoms. The van der Waals surface area contributed by atoms with Crippen molar-refractivity contribution in [3.05, 3.63) is 20.8 Å². The Kier molecular flexibility index (Phi) is 3.59. The number of thiophene rings is 1. The molecule has 1 aliphatic rings. The maximum Gasteiger partial charge on any atom is 0.187 e. The first-order valence-corrected chi connectivity index (χ1v) is 6.79. The topological polar surface area (TPSA) is 20.3 Å². The standard InChI is InChI=1S/C11H14BrNOS/c1-13(6-8-2-3-8)7-10(14)11-9(12)4-5-15-11/h4-5,8H,2-3,6-7H2,1H3. The minimum atomic E-state index is 0.222. The minimum absolute atomic E-state index is 0.222. The summed E-state index contributed by atoms with van der Waals surface area (Å²) >= 11 is 4.90. The number of hydrogen-bond donors (Lipinski definition) is 0. The lowest BCUT2D eigenvalue weighted by atomic mass is 10.3. The van der Waals surface area contributed by atoms with Crippen LogP contribution in [0.1, 0.15) is 22.5 Å². The Morgan fingerprint density at radius 1 is 1.67 bits per heavy atom. The molecular weight excluding hydrogens is 274 g/mol. The molecule has 1 aliphatic carbocycles. The molecule has 1 saturated carbocycles. The van der Waals surface area contributed by atoms with Crippen molar-refractivity contribution in [2.75, 3.05) is 20.1 Å². The Morgan fingerprint density at radius 2 is 2.40 bits per heavy atom. The van der Waals surface area contributed by atoms with E-state index in [4.69, 9.17) is 0 Å². The number of carbonyl (C=O) groups is 1. The summed E-state index contributed by atoms with van der Waals surface area (Å²) in [6.45, 7) is 1.60. The first-order chi connectivity index (χ1) is 7.16. The molecule has 0 atom stereocenters. The van der Waals surface area contributed by atoms with E-state index in [1.165, 1.54) is 24.2 Å². The number of ketones is 1. The second kappa shape index (κ2) is 4.76. The smallest absolute Gasteiger partial charge is 0.187 e. The molecule has 4 heteroatoms. The number of carbonyl (C=O) groups excluding carboxylic acids is 1. The van der Waals surface area contributed by atoms with Crippen LogP contribution in [0.2, 0.25) is 0 Å². The van der Waals surface area contributed by atoms with E-state index in [0.29, 0.717) is 6.54 Å². The molecule has 0 aromatic carbocycles. The van der Waals surface area contributed by atoms with E-state index in [-0.39, 0.29) is 5.78 Å². The summed E-state index contributed by atoms with van der Waals surface area (Å²) in [4.78, 5) is 14.9. The van der Waals surface area contributed by atoms with Gasteiger partial charge in [-0.25, -0.2) is 0 Å². The number of likely N-dealkylation sites (N-methyl/N-ethyl adjacent to an activating group) is 1. The molecule has 0 bridgehead atoms. The molecule has 0 unspecified atom stereocenters. The Bertz CT molecular complexity index is 359. The van der Waals surface area contributed by atoms with E-state index in [1.54, 1.807) is 0 Å². The molecule has 2 rings (SSSR count). The normalized spacial score (nSPS) is 15.9. The van der Waals surface area contributed by atoms with Crippen molar-refractivity contribution < 1.29 is 4.79 Å². The third-order valence-electron chi connectivity index (χ3n) is 2.55. The van der Waals surface area contributed by atoms with E-state index < -0.39 is 0 Å². The molecule has 0 saturated heterocycles. The predicted molar refractivity (Wildman–Crippen MR) is 66.6 cm³/mol.